The van der Waals surface area contributed by atoms with Crippen molar-refractivity contribution in [3.63, 3.8) is 0 Å². The summed E-state index contributed by atoms with van der Waals surface area (Å²) in [5, 5.41) is 15.1. The minimum absolute atomic E-state index is 0.0820. The lowest BCUT2D eigenvalue weighted by Crippen LogP contribution is -2.02. The van der Waals surface area contributed by atoms with E-state index < -0.39 is 5.97 Å². The Morgan fingerprint density at radius 1 is 1.47 bits per heavy atom. The first-order chi connectivity index (χ1) is 7.16. The van der Waals surface area contributed by atoms with E-state index in [1.807, 2.05) is 0 Å². The van der Waals surface area contributed by atoms with E-state index in [1.54, 1.807) is 6.20 Å². The number of aromatic carboxylic acids is 1. The second-order valence-corrected chi connectivity index (χ2v) is 3.08. The first-order valence-electron chi connectivity index (χ1n) is 3.94. The Kier molecular flexibility index (Phi) is 2.34. The zero-order valence-electron chi connectivity index (χ0n) is 7.31. The number of carboxylic acids is 1. The molecule has 0 atom stereocenters. The van der Waals surface area contributed by atoms with E-state index in [0.29, 0.717) is 5.56 Å². The van der Waals surface area contributed by atoms with E-state index in [-0.39, 0.29) is 16.7 Å². The first-order valence-corrected chi connectivity index (χ1v) is 4.31. The van der Waals surface area contributed by atoms with Gasteiger partial charge in [-0.25, -0.2) is 14.8 Å². The Bertz CT molecular complexity index is 497. The zero-order chi connectivity index (χ0) is 10.8. The molecule has 0 unspecified atom stereocenters. The highest BCUT2D eigenvalue weighted by atomic mass is 35.5. The fourth-order valence-corrected chi connectivity index (χ4v) is 1.21. The van der Waals surface area contributed by atoms with Crippen LogP contribution in [0.4, 0.5) is 0 Å². The van der Waals surface area contributed by atoms with Crippen LogP contribution in [0.5, 0.6) is 0 Å². The fraction of sp³-hybridized carbons (Fsp3) is 0. The van der Waals surface area contributed by atoms with Crippen LogP contribution in [0.2, 0.25) is 5.15 Å². The number of carboxylic acid groups (broad SMARTS) is 1. The number of hydrogen-bond donors (Lipinski definition) is 2. The average molecular weight is 225 g/mol. The van der Waals surface area contributed by atoms with Crippen molar-refractivity contribution >= 4 is 17.6 Å². The minimum atomic E-state index is -1.15. The molecule has 0 bridgehead atoms. The van der Waals surface area contributed by atoms with Crippen molar-refractivity contribution in [2.45, 2.75) is 0 Å². The van der Waals surface area contributed by atoms with Crippen LogP contribution in [0.3, 0.4) is 0 Å². The largest absolute Gasteiger partial charge is 0.477 e. The molecule has 2 rings (SSSR count). The number of H-pyrrole nitrogens is 1. The predicted octanol–water partition coefficient (Wildman–Crippen LogP) is 1.22. The summed E-state index contributed by atoms with van der Waals surface area (Å²) in [6.45, 7) is 0. The number of halogens is 1. The van der Waals surface area contributed by atoms with Crippen LogP contribution in [0, 0.1) is 0 Å². The van der Waals surface area contributed by atoms with Gasteiger partial charge in [-0.15, -0.1) is 0 Å². The highest BCUT2D eigenvalue weighted by molar-refractivity contribution is 6.29. The van der Waals surface area contributed by atoms with E-state index in [0.717, 1.165) is 0 Å². The zero-order valence-corrected chi connectivity index (χ0v) is 8.06. The van der Waals surface area contributed by atoms with Crippen LogP contribution in [-0.2, 0) is 0 Å². The number of carbonyl (C=O) groups is 1. The van der Waals surface area contributed by atoms with Crippen molar-refractivity contribution in [2.75, 3.05) is 0 Å². The van der Waals surface area contributed by atoms with Crippen molar-refractivity contribution in [2.24, 2.45) is 0 Å². The van der Waals surface area contributed by atoms with E-state index in [2.05, 4.69) is 20.2 Å². The summed E-state index contributed by atoms with van der Waals surface area (Å²) >= 11 is 5.67. The monoisotopic (exact) mass is 224 g/mol. The van der Waals surface area contributed by atoms with Crippen molar-refractivity contribution < 1.29 is 9.90 Å². The maximum Gasteiger partial charge on any atom is 0.354 e. The lowest BCUT2D eigenvalue weighted by atomic mass is 10.3. The lowest BCUT2D eigenvalue weighted by molar-refractivity contribution is 0.0690. The molecular weight excluding hydrogens is 220 g/mol. The van der Waals surface area contributed by atoms with Gasteiger partial charge in [-0.05, 0) is 0 Å². The number of aromatic amines is 1. The van der Waals surface area contributed by atoms with Crippen LogP contribution in [0.1, 0.15) is 10.5 Å². The fourth-order valence-electron chi connectivity index (χ4n) is 1.03. The van der Waals surface area contributed by atoms with Gasteiger partial charge in [0.25, 0.3) is 0 Å². The molecule has 0 aliphatic rings. The van der Waals surface area contributed by atoms with Gasteiger partial charge in [0.1, 0.15) is 5.15 Å². The highest BCUT2D eigenvalue weighted by Crippen LogP contribution is 2.16. The van der Waals surface area contributed by atoms with Gasteiger partial charge in [0.05, 0.1) is 11.8 Å². The summed E-state index contributed by atoms with van der Waals surface area (Å²) in [7, 11) is 0. The molecule has 76 valence electrons. The standard InChI is InChI=1S/C8H5ClN4O2/c9-6-1-5(8(14)15)12-7(13-6)4-2-10-11-3-4/h1-3H,(H,10,11)(H,14,15). The molecule has 2 heterocycles. The van der Waals surface area contributed by atoms with Gasteiger partial charge >= 0.3 is 5.97 Å². The molecule has 0 saturated carbocycles. The molecule has 0 aromatic carbocycles. The van der Waals surface area contributed by atoms with E-state index in [4.69, 9.17) is 16.7 Å². The Labute approximate surface area is 88.9 Å². The summed E-state index contributed by atoms with van der Waals surface area (Å²) in [6.07, 6.45) is 3.04. The third-order valence-electron chi connectivity index (χ3n) is 1.67. The van der Waals surface area contributed by atoms with Crippen molar-refractivity contribution in [3.8, 4) is 11.4 Å². The SMILES string of the molecule is O=C(O)c1cc(Cl)nc(-c2cn[nH]c2)n1. The molecule has 0 aliphatic heterocycles. The van der Waals surface area contributed by atoms with Crippen LogP contribution in [0.15, 0.2) is 18.5 Å². The molecule has 2 N–H and O–H groups in total. The van der Waals surface area contributed by atoms with Crippen LogP contribution in [-0.4, -0.2) is 31.2 Å². The number of aromatic nitrogens is 4. The van der Waals surface area contributed by atoms with Crippen LogP contribution < -0.4 is 0 Å². The van der Waals surface area contributed by atoms with Gasteiger partial charge in [0.2, 0.25) is 0 Å². The van der Waals surface area contributed by atoms with Crippen LogP contribution in [0.25, 0.3) is 11.4 Å². The molecule has 0 fully saturated rings. The van der Waals surface area contributed by atoms with Gasteiger partial charge in [0.15, 0.2) is 11.5 Å². The van der Waals surface area contributed by atoms with Gasteiger partial charge in [0, 0.05) is 12.3 Å². The molecule has 0 spiro atoms. The molecule has 0 amide bonds. The Morgan fingerprint density at radius 2 is 2.27 bits per heavy atom. The summed E-state index contributed by atoms with van der Waals surface area (Å²) in [5.41, 5.74) is 0.436. The quantitative estimate of drug-likeness (QED) is 0.749. The maximum atomic E-state index is 10.7. The Morgan fingerprint density at radius 3 is 2.87 bits per heavy atom. The van der Waals surface area contributed by atoms with Gasteiger partial charge < -0.3 is 5.11 Å². The maximum absolute atomic E-state index is 10.7. The number of rotatable bonds is 2. The highest BCUT2D eigenvalue weighted by Gasteiger charge is 2.11. The summed E-state index contributed by atoms with van der Waals surface area (Å²) in [5.74, 6) is -0.919. The van der Waals surface area contributed by atoms with Gasteiger partial charge in [-0.3, -0.25) is 5.10 Å². The van der Waals surface area contributed by atoms with Crippen molar-refractivity contribution in [1.29, 1.82) is 0 Å². The molecule has 2 aromatic heterocycles. The topological polar surface area (TPSA) is 91.8 Å². The number of nitrogens with one attached hydrogen (secondary N) is 1. The number of nitrogens with zero attached hydrogens (tertiary/aromatic N) is 3. The van der Waals surface area contributed by atoms with Crippen LogP contribution >= 0.6 is 11.6 Å². The third-order valence-corrected chi connectivity index (χ3v) is 1.86. The van der Waals surface area contributed by atoms with E-state index in [1.165, 1.54) is 12.3 Å². The smallest absolute Gasteiger partial charge is 0.354 e. The van der Waals surface area contributed by atoms with Crippen molar-refractivity contribution in [3.05, 3.63) is 29.3 Å². The lowest BCUT2D eigenvalue weighted by Gasteiger charge is -1.98. The molecule has 0 saturated heterocycles. The Hall–Kier alpha value is -1.95. The molecule has 0 aliphatic carbocycles. The summed E-state index contributed by atoms with van der Waals surface area (Å²) in [4.78, 5) is 18.4. The second kappa shape index (κ2) is 3.66. The van der Waals surface area contributed by atoms with Gasteiger partial charge in [-0.1, -0.05) is 11.6 Å². The average Bonchev–Trinajstić information content (AvgIpc) is 2.69. The molecular formula is C8H5ClN4O2. The van der Waals surface area contributed by atoms with Gasteiger partial charge in [-0.2, -0.15) is 5.10 Å². The summed E-state index contributed by atoms with van der Waals surface area (Å²) < 4.78 is 0. The molecule has 6 nitrogen and oxygen atoms in total. The molecule has 0 radical (unpaired) electrons. The molecule has 7 heteroatoms. The minimum Gasteiger partial charge on any atom is -0.477 e. The third kappa shape index (κ3) is 1.94. The van der Waals surface area contributed by atoms with Crippen molar-refractivity contribution in [1.82, 2.24) is 20.2 Å². The second-order valence-electron chi connectivity index (χ2n) is 2.69. The Balaban J connectivity index is 2.54. The van der Waals surface area contributed by atoms with E-state index >= 15 is 0 Å². The normalized spacial score (nSPS) is 10.2. The first kappa shape index (κ1) is 9.60. The van der Waals surface area contributed by atoms with E-state index in [9.17, 15) is 4.79 Å². The summed E-state index contributed by atoms with van der Waals surface area (Å²) in [6, 6.07) is 1.19. The molecule has 15 heavy (non-hydrogen) atoms. The number of hydrogen-bond acceptors (Lipinski definition) is 4. The predicted molar refractivity (Wildman–Crippen MR) is 51.6 cm³/mol. The molecule has 2 aromatic rings.